The number of hydrogen-bond donors (Lipinski definition) is 3. The fraction of sp³-hybridized carbons (Fsp3) is 0.148. The summed E-state index contributed by atoms with van der Waals surface area (Å²) in [4.78, 5) is 27.9. The summed E-state index contributed by atoms with van der Waals surface area (Å²) in [5.41, 5.74) is 2.65. The van der Waals surface area contributed by atoms with E-state index < -0.39 is 23.7 Å². The quantitative estimate of drug-likeness (QED) is 0.221. The summed E-state index contributed by atoms with van der Waals surface area (Å²) >= 11 is 1.19. The van der Waals surface area contributed by atoms with Gasteiger partial charge in [0.25, 0.3) is 5.91 Å². The van der Waals surface area contributed by atoms with Gasteiger partial charge >= 0.3 is 12.3 Å². The number of carboxylic acid groups (broad SMARTS) is 1. The molecule has 3 N–H and O–H groups in total. The van der Waals surface area contributed by atoms with Gasteiger partial charge in [-0.15, -0.1) is 11.3 Å². The Balaban J connectivity index is 1.39. The minimum absolute atomic E-state index is 0.294. The maximum Gasteiger partial charge on any atom is 0.416 e. The van der Waals surface area contributed by atoms with Gasteiger partial charge in [0.05, 0.1) is 17.9 Å². The number of ether oxygens (including phenoxy) is 1. The maximum absolute atomic E-state index is 13.1. The molecule has 4 rings (SSSR count). The van der Waals surface area contributed by atoms with Crippen molar-refractivity contribution < 1.29 is 32.6 Å². The van der Waals surface area contributed by atoms with E-state index in [2.05, 4.69) is 15.6 Å². The van der Waals surface area contributed by atoms with Crippen molar-refractivity contribution in [2.75, 3.05) is 17.2 Å². The maximum atomic E-state index is 13.1. The summed E-state index contributed by atoms with van der Waals surface area (Å²) in [6, 6.07) is 16.6. The second-order valence-electron chi connectivity index (χ2n) is 8.28. The molecule has 0 bridgehead atoms. The Hall–Kier alpha value is -4.38. The van der Waals surface area contributed by atoms with E-state index in [1.807, 2.05) is 6.92 Å². The van der Waals surface area contributed by atoms with E-state index in [1.165, 1.54) is 23.5 Å². The van der Waals surface area contributed by atoms with Crippen molar-refractivity contribution in [3.8, 4) is 16.9 Å². The van der Waals surface area contributed by atoms with Crippen molar-refractivity contribution in [3.63, 3.8) is 0 Å². The largest absolute Gasteiger partial charge is 0.493 e. The first-order valence-corrected chi connectivity index (χ1v) is 12.2. The number of nitrogens with zero attached hydrogens (tertiary/aromatic N) is 1. The number of amides is 2. The Labute approximate surface area is 219 Å². The summed E-state index contributed by atoms with van der Waals surface area (Å²) in [6.07, 6.45) is -5.13. The van der Waals surface area contributed by atoms with E-state index in [0.717, 1.165) is 17.7 Å². The monoisotopic (exact) mass is 541 g/mol. The van der Waals surface area contributed by atoms with Crippen molar-refractivity contribution in [3.05, 3.63) is 94.5 Å². The molecule has 0 aliphatic carbocycles. The van der Waals surface area contributed by atoms with Crippen LogP contribution in [-0.2, 0) is 12.6 Å². The van der Waals surface area contributed by atoms with Crippen LogP contribution in [-0.4, -0.2) is 28.7 Å². The van der Waals surface area contributed by atoms with Gasteiger partial charge in [0.15, 0.2) is 5.13 Å². The molecule has 38 heavy (non-hydrogen) atoms. The molecule has 0 radical (unpaired) electrons. The predicted octanol–water partition coefficient (Wildman–Crippen LogP) is 7.10. The Morgan fingerprint density at radius 2 is 1.71 bits per heavy atom. The molecule has 0 unspecified atom stereocenters. The Morgan fingerprint density at radius 3 is 2.37 bits per heavy atom. The topological polar surface area (TPSA) is 101 Å². The Kier molecular flexibility index (Phi) is 7.96. The zero-order valence-electron chi connectivity index (χ0n) is 20.0. The van der Waals surface area contributed by atoms with Crippen LogP contribution in [0.15, 0.2) is 72.1 Å². The second kappa shape index (κ2) is 11.3. The van der Waals surface area contributed by atoms with Gasteiger partial charge in [-0.3, -0.25) is 10.1 Å². The first-order valence-electron chi connectivity index (χ1n) is 11.4. The van der Waals surface area contributed by atoms with Gasteiger partial charge in [-0.1, -0.05) is 29.8 Å². The number of thiazole rings is 1. The van der Waals surface area contributed by atoms with Crippen molar-refractivity contribution in [1.82, 2.24) is 4.98 Å². The lowest BCUT2D eigenvalue weighted by Crippen LogP contribution is -2.13. The predicted molar refractivity (Wildman–Crippen MR) is 139 cm³/mol. The molecule has 1 heterocycles. The third kappa shape index (κ3) is 6.88. The third-order valence-corrected chi connectivity index (χ3v) is 6.25. The first kappa shape index (κ1) is 26.7. The smallest absolute Gasteiger partial charge is 0.416 e. The molecule has 0 fully saturated rings. The van der Waals surface area contributed by atoms with E-state index in [-0.39, 0.29) is 0 Å². The molecule has 11 heteroatoms. The Morgan fingerprint density at radius 1 is 1.00 bits per heavy atom. The van der Waals surface area contributed by atoms with Gasteiger partial charge < -0.3 is 15.2 Å². The number of halogens is 3. The molecule has 0 saturated heterocycles. The molecule has 0 aliphatic heterocycles. The molecule has 7 nitrogen and oxygen atoms in total. The molecule has 0 atom stereocenters. The average Bonchev–Trinajstić information content (AvgIpc) is 3.31. The highest BCUT2D eigenvalue weighted by Gasteiger charge is 2.30. The van der Waals surface area contributed by atoms with Crippen molar-refractivity contribution in [1.29, 1.82) is 0 Å². The number of aromatic nitrogens is 1. The number of benzene rings is 3. The summed E-state index contributed by atoms with van der Waals surface area (Å²) in [5.74, 6) is 0.176. The lowest BCUT2D eigenvalue weighted by molar-refractivity contribution is -0.137. The zero-order chi connectivity index (χ0) is 27.3. The molecule has 1 aromatic heterocycles. The number of anilines is 2. The van der Waals surface area contributed by atoms with E-state index in [1.54, 1.807) is 47.8 Å². The molecule has 196 valence electrons. The van der Waals surface area contributed by atoms with Gasteiger partial charge in [0.1, 0.15) is 5.75 Å². The normalized spacial score (nSPS) is 11.2. The van der Waals surface area contributed by atoms with Crippen molar-refractivity contribution in [2.45, 2.75) is 19.5 Å². The highest BCUT2D eigenvalue weighted by atomic mass is 32.1. The summed E-state index contributed by atoms with van der Waals surface area (Å²) in [6.45, 7) is 2.15. The molecule has 0 spiro atoms. The van der Waals surface area contributed by atoms with Crippen LogP contribution in [0.5, 0.6) is 5.75 Å². The summed E-state index contributed by atoms with van der Waals surface area (Å²) in [5, 5.41) is 15.8. The average molecular weight is 542 g/mol. The molecule has 0 saturated carbocycles. The SMILES string of the molecule is Cc1ccc(-c2ccc(C(F)(F)F)cc2)c(C(=O)Nc2ccc(OCCc3csc(NC(=O)O)n3)cc2)c1. The highest BCUT2D eigenvalue weighted by Crippen LogP contribution is 2.32. The first-order chi connectivity index (χ1) is 18.1. The van der Waals surface area contributed by atoms with Crippen LogP contribution in [0.1, 0.15) is 27.2 Å². The van der Waals surface area contributed by atoms with Crippen molar-refractivity contribution >= 4 is 34.2 Å². The van der Waals surface area contributed by atoms with Gasteiger partial charge in [-0.25, -0.2) is 9.78 Å². The lowest BCUT2D eigenvalue weighted by atomic mass is 9.96. The highest BCUT2D eigenvalue weighted by molar-refractivity contribution is 7.13. The van der Waals surface area contributed by atoms with Crippen molar-refractivity contribution in [2.24, 2.45) is 0 Å². The molecular weight excluding hydrogens is 519 g/mol. The number of rotatable bonds is 8. The minimum atomic E-state index is -4.44. The van der Waals surface area contributed by atoms with E-state index in [0.29, 0.717) is 52.0 Å². The van der Waals surface area contributed by atoms with E-state index >= 15 is 0 Å². The number of aryl methyl sites for hydroxylation is 1. The zero-order valence-corrected chi connectivity index (χ0v) is 20.8. The van der Waals surface area contributed by atoms with Crippen LogP contribution in [0.4, 0.5) is 28.8 Å². The fourth-order valence-electron chi connectivity index (χ4n) is 3.61. The van der Waals surface area contributed by atoms with Gasteiger partial charge in [-0.05, 0) is 60.5 Å². The molecule has 0 aliphatic rings. The van der Waals surface area contributed by atoms with Gasteiger partial charge in [0, 0.05) is 23.1 Å². The minimum Gasteiger partial charge on any atom is -0.493 e. The van der Waals surface area contributed by atoms with E-state index in [4.69, 9.17) is 9.84 Å². The van der Waals surface area contributed by atoms with Crippen LogP contribution in [0.3, 0.4) is 0 Å². The van der Waals surface area contributed by atoms with Crippen LogP contribution in [0.2, 0.25) is 0 Å². The lowest BCUT2D eigenvalue weighted by Gasteiger charge is -2.13. The Bertz CT molecular complexity index is 1440. The summed E-state index contributed by atoms with van der Waals surface area (Å²) < 4.78 is 44.5. The van der Waals surface area contributed by atoms with Crippen LogP contribution >= 0.6 is 11.3 Å². The molecular formula is C27H22F3N3O4S. The molecule has 2 amide bonds. The van der Waals surface area contributed by atoms with Gasteiger partial charge in [-0.2, -0.15) is 13.2 Å². The standard InChI is InChI=1S/C27H22F3N3O4S/c1-16-2-11-22(17-3-5-18(6-4-17)27(28,29)30)23(14-16)24(34)31-19-7-9-21(10-8-19)37-13-12-20-15-38-25(32-20)33-26(35)36/h2-11,14-15H,12-13H2,1H3,(H,31,34)(H,32,33)(H,35,36). The fourth-order valence-corrected chi connectivity index (χ4v) is 4.35. The number of nitrogens with one attached hydrogen (secondary N) is 2. The summed E-state index contributed by atoms with van der Waals surface area (Å²) in [7, 11) is 0. The molecule has 3 aromatic carbocycles. The number of alkyl halides is 3. The number of hydrogen-bond acceptors (Lipinski definition) is 5. The van der Waals surface area contributed by atoms with Gasteiger partial charge in [0.2, 0.25) is 0 Å². The number of carbonyl (C=O) groups is 2. The molecule has 4 aromatic rings. The van der Waals surface area contributed by atoms with Crippen LogP contribution in [0, 0.1) is 6.92 Å². The van der Waals surface area contributed by atoms with E-state index in [9.17, 15) is 22.8 Å². The van der Waals surface area contributed by atoms with Crippen LogP contribution < -0.4 is 15.4 Å². The number of carbonyl (C=O) groups excluding carboxylic acids is 1. The second-order valence-corrected chi connectivity index (χ2v) is 9.13. The van der Waals surface area contributed by atoms with Crippen LogP contribution in [0.25, 0.3) is 11.1 Å². The third-order valence-electron chi connectivity index (χ3n) is 5.45.